The molecule has 9 nitrogen and oxygen atoms in total. The summed E-state index contributed by atoms with van der Waals surface area (Å²) in [5.74, 6) is -0.407. The van der Waals surface area contributed by atoms with Crippen molar-refractivity contribution < 1.29 is 23.9 Å². The number of methoxy groups -OCH3 is 1. The molecule has 59 heavy (non-hydrogen) atoms. The lowest BCUT2D eigenvalue weighted by molar-refractivity contribution is -0.144. The van der Waals surface area contributed by atoms with Crippen molar-refractivity contribution >= 4 is 41.5 Å². The monoisotopic (exact) mass is 807 g/mol. The number of allylic oxidation sites excluding steroid dienone is 2. The third-order valence-electron chi connectivity index (χ3n) is 13.7. The summed E-state index contributed by atoms with van der Waals surface area (Å²) >= 11 is 0. The highest BCUT2D eigenvalue weighted by Gasteiger charge is 2.48. The molecule has 0 saturated carbocycles. The van der Waals surface area contributed by atoms with Gasteiger partial charge in [-0.3, -0.25) is 14.4 Å². The Morgan fingerprint density at radius 2 is 1.41 bits per heavy atom. The average molecular weight is 807 g/mol. The molecule has 3 aromatic rings. The first-order valence-electron chi connectivity index (χ1n) is 22.5. The maximum atomic E-state index is 14.4. The van der Waals surface area contributed by atoms with Crippen molar-refractivity contribution in [2.75, 3.05) is 13.7 Å². The second kappa shape index (κ2) is 18.8. The molecule has 3 aliphatic rings. The van der Waals surface area contributed by atoms with E-state index in [1.54, 1.807) is 0 Å². The Morgan fingerprint density at radius 1 is 0.763 bits per heavy atom. The molecular formula is C50H70N4O5. The number of aromatic nitrogens is 3. The zero-order valence-electron chi connectivity index (χ0n) is 37.7. The molecule has 0 radical (unpaired) electrons. The number of aromatic amines is 3. The first kappa shape index (κ1) is 44.0. The van der Waals surface area contributed by atoms with Crippen molar-refractivity contribution in [2.45, 2.75) is 140 Å². The number of carbonyl (C=O) groups is 3. The van der Waals surface area contributed by atoms with Crippen LogP contribution in [0.3, 0.4) is 0 Å². The highest BCUT2D eigenvalue weighted by Crippen LogP contribution is 2.48. The van der Waals surface area contributed by atoms with Gasteiger partial charge in [-0.1, -0.05) is 87.0 Å². The molecule has 0 amide bonds. The van der Waals surface area contributed by atoms with Crippen molar-refractivity contribution in [3.8, 4) is 0 Å². The highest BCUT2D eigenvalue weighted by molar-refractivity contribution is 6.24. The van der Waals surface area contributed by atoms with Gasteiger partial charge < -0.3 is 29.7 Å². The molecule has 3 aromatic heterocycles. The van der Waals surface area contributed by atoms with E-state index in [9.17, 15) is 14.4 Å². The lowest BCUT2D eigenvalue weighted by atomic mass is 9.85. The van der Waals surface area contributed by atoms with Crippen LogP contribution in [0.5, 0.6) is 0 Å². The van der Waals surface area contributed by atoms with E-state index in [-0.39, 0.29) is 30.0 Å². The van der Waals surface area contributed by atoms with Crippen molar-refractivity contribution in [1.29, 1.82) is 0 Å². The third kappa shape index (κ3) is 9.14. The maximum Gasteiger partial charge on any atom is 0.321 e. The van der Waals surface area contributed by atoms with Gasteiger partial charge in [0.25, 0.3) is 0 Å². The number of H-pyrrole nitrogens is 3. The number of hydrogen-bond donors (Lipinski definition) is 4. The van der Waals surface area contributed by atoms with Gasteiger partial charge in [-0.25, -0.2) is 0 Å². The van der Waals surface area contributed by atoms with Gasteiger partial charge in [0.15, 0.2) is 5.78 Å². The van der Waals surface area contributed by atoms with Crippen LogP contribution < -0.4 is 16.0 Å². The average Bonchev–Trinajstić information content (AvgIpc) is 3.94. The lowest BCUT2D eigenvalue weighted by Crippen LogP contribution is -2.25. The standard InChI is InChI=1S/C50H70N4O5/c1-12-34-30(7)37-24-39-32(9)36(20-21-43(55)59-23-22-29(6)19-15-18-28(5)17-14-16-27(3)4)47(53-39)45-46(50(57)58-11)49(56)44-33(10)40(54-48(44)45)26-42-35(13-2)31(8)38(52-42)25-41(34)51-37/h24-29,32,36,46,51-54H,12-23H2,1-11H3/b38-25-,39-24-,42-26-,47-45-/t28-,29+,32+,36+,46-/m1/s1. The van der Waals surface area contributed by atoms with E-state index >= 15 is 0 Å². The van der Waals surface area contributed by atoms with Crippen LogP contribution in [0.2, 0.25) is 0 Å². The molecule has 9 heteroatoms. The number of esters is 2. The summed E-state index contributed by atoms with van der Waals surface area (Å²) < 4.78 is 11.2. The summed E-state index contributed by atoms with van der Waals surface area (Å²) in [6.45, 7) is 22.4. The fourth-order valence-corrected chi connectivity index (χ4v) is 9.92. The Labute approximate surface area is 352 Å². The van der Waals surface area contributed by atoms with Crippen LogP contribution in [0.4, 0.5) is 0 Å². The summed E-state index contributed by atoms with van der Waals surface area (Å²) in [5.41, 5.74) is 12.0. The van der Waals surface area contributed by atoms with E-state index in [1.165, 1.54) is 61.5 Å². The molecular weight excluding hydrogens is 737 g/mol. The van der Waals surface area contributed by atoms with Gasteiger partial charge in [-0.2, -0.15) is 0 Å². The second-order valence-electron chi connectivity index (χ2n) is 18.3. The number of ketones is 1. The first-order chi connectivity index (χ1) is 28.2. The van der Waals surface area contributed by atoms with Gasteiger partial charge in [-0.15, -0.1) is 0 Å². The van der Waals surface area contributed by atoms with Crippen molar-refractivity contribution in [1.82, 2.24) is 20.3 Å². The Bertz CT molecular complexity index is 2240. The topological polar surface area (TPSA) is 129 Å². The molecule has 1 aliphatic carbocycles. The number of carbonyl (C=O) groups excluding carboxylic acids is 3. The summed E-state index contributed by atoms with van der Waals surface area (Å²) in [6.07, 6.45) is 17.3. The third-order valence-corrected chi connectivity index (χ3v) is 13.7. The van der Waals surface area contributed by atoms with Crippen LogP contribution in [0.25, 0.3) is 23.8 Å². The number of Topliss-reactive ketones (excluding diaryl/α,β-unsaturated/α-hetero) is 1. The fourth-order valence-electron chi connectivity index (χ4n) is 9.92. The smallest absolute Gasteiger partial charge is 0.321 e. The largest absolute Gasteiger partial charge is 0.468 e. The van der Waals surface area contributed by atoms with Crippen molar-refractivity contribution in [2.24, 2.45) is 35.5 Å². The van der Waals surface area contributed by atoms with Crippen LogP contribution in [0.1, 0.15) is 167 Å². The zero-order chi connectivity index (χ0) is 42.7. The van der Waals surface area contributed by atoms with E-state index in [4.69, 9.17) is 9.47 Å². The number of hydrogen-bond acceptors (Lipinski definition) is 6. The minimum Gasteiger partial charge on any atom is -0.468 e. The zero-order valence-corrected chi connectivity index (χ0v) is 37.7. The van der Waals surface area contributed by atoms with Gasteiger partial charge in [0, 0.05) is 68.6 Å². The van der Waals surface area contributed by atoms with Crippen LogP contribution in [-0.2, 0) is 31.9 Å². The molecule has 2 aliphatic heterocycles. The molecule has 4 N–H and O–H groups in total. The molecule has 0 aromatic carbocycles. The summed E-state index contributed by atoms with van der Waals surface area (Å²) in [6, 6.07) is 0. The minimum atomic E-state index is -1.12. The van der Waals surface area contributed by atoms with Gasteiger partial charge in [0.1, 0.15) is 5.92 Å². The molecule has 1 fully saturated rings. The van der Waals surface area contributed by atoms with Crippen LogP contribution in [-0.4, -0.2) is 46.4 Å². The van der Waals surface area contributed by atoms with Crippen LogP contribution >= 0.6 is 0 Å². The first-order valence-corrected chi connectivity index (χ1v) is 22.5. The number of ether oxygens (including phenoxy) is 2. The molecule has 5 heterocycles. The second-order valence-corrected chi connectivity index (χ2v) is 18.3. The van der Waals surface area contributed by atoms with Gasteiger partial charge in [-0.05, 0) is 110 Å². The number of fused-ring (bicyclic) bond motifs is 7. The van der Waals surface area contributed by atoms with Gasteiger partial charge >= 0.3 is 11.9 Å². The van der Waals surface area contributed by atoms with Gasteiger partial charge in [0.2, 0.25) is 0 Å². The molecule has 0 unspecified atom stereocenters. The molecule has 6 rings (SSSR count). The summed E-state index contributed by atoms with van der Waals surface area (Å²) in [5, 5.41) is 5.77. The maximum absolute atomic E-state index is 14.4. The highest BCUT2D eigenvalue weighted by atomic mass is 16.5. The van der Waals surface area contributed by atoms with Crippen LogP contribution in [0, 0.1) is 56.3 Å². The Balaban J connectivity index is 1.31. The van der Waals surface area contributed by atoms with Crippen molar-refractivity contribution in [3.05, 3.63) is 78.2 Å². The Kier molecular flexibility index (Phi) is 14.0. The van der Waals surface area contributed by atoms with E-state index in [0.717, 1.165) is 82.3 Å². The lowest BCUT2D eigenvalue weighted by Gasteiger charge is -2.20. The molecule has 8 bridgehead atoms. The van der Waals surface area contributed by atoms with E-state index < -0.39 is 11.9 Å². The molecule has 0 spiro atoms. The quantitative estimate of drug-likeness (QED) is 0.0796. The Hall–Kier alpha value is -4.53. The summed E-state index contributed by atoms with van der Waals surface area (Å²) in [7, 11) is 1.33. The van der Waals surface area contributed by atoms with Crippen LogP contribution in [0.15, 0.2) is 11.4 Å². The fraction of sp³-hybridized carbons (Fsp3) is 0.580. The normalized spacial score (nSPS) is 22.6. The predicted octanol–water partition coefficient (Wildman–Crippen LogP) is 9.27. The molecule has 5 atom stereocenters. The van der Waals surface area contributed by atoms with Gasteiger partial charge in [0.05, 0.1) is 19.4 Å². The van der Waals surface area contributed by atoms with Crippen molar-refractivity contribution in [3.63, 3.8) is 0 Å². The van der Waals surface area contributed by atoms with E-state index in [0.29, 0.717) is 35.8 Å². The predicted molar refractivity (Wildman–Crippen MR) is 238 cm³/mol. The van der Waals surface area contributed by atoms with E-state index in [1.807, 2.05) is 6.92 Å². The minimum absolute atomic E-state index is 0.0478. The SMILES string of the molecule is CCc1c2[nH]c(c1C)/C=C1\N/C(=C3\c4[nH]c(c(C)c4C(=O)[C@@H]3C(=O)OC)/C=c3\[nH]/c(c(C)c3CC)=C\2)[C@@H](CCC(=O)OCC[C@@H](C)CCC[C@H](C)CCCC(C)C)[C@@H]1C. The Morgan fingerprint density at radius 3 is 2.07 bits per heavy atom. The number of nitrogens with one attached hydrogen (secondary N) is 4. The summed E-state index contributed by atoms with van der Waals surface area (Å²) in [4.78, 5) is 52.4. The number of rotatable bonds is 17. The molecule has 1 saturated heterocycles. The van der Waals surface area contributed by atoms with E-state index in [2.05, 4.69) is 101 Å². The molecule has 320 valence electrons.